The molecule has 0 spiro atoms. The molecule has 0 bridgehead atoms. The van der Waals surface area contributed by atoms with Gasteiger partial charge in [-0.25, -0.2) is 0 Å². The highest BCUT2D eigenvalue weighted by molar-refractivity contribution is 5.20. The molecule has 1 fully saturated rings. The summed E-state index contributed by atoms with van der Waals surface area (Å²) in [4.78, 5) is 0. The third-order valence-electron chi connectivity index (χ3n) is 4.31. The molecule has 0 aromatic carbocycles. The van der Waals surface area contributed by atoms with Crippen molar-refractivity contribution in [2.45, 2.75) is 70.3 Å². The van der Waals surface area contributed by atoms with E-state index in [0.717, 1.165) is 25.2 Å². The van der Waals surface area contributed by atoms with Crippen LogP contribution in [0.4, 0.5) is 0 Å². The van der Waals surface area contributed by atoms with E-state index in [2.05, 4.69) is 13.0 Å². The quantitative estimate of drug-likeness (QED) is 0.684. The topological polar surface area (TPSA) is 20.2 Å². The molecule has 0 aliphatic heterocycles. The highest BCUT2D eigenvalue weighted by Gasteiger charge is 2.39. The Hall–Kier alpha value is -0.300. The van der Waals surface area contributed by atoms with Gasteiger partial charge in [0.25, 0.3) is 0 Å². The van der Waals surface area contributed by atoms with Gasteiger partial charge in [0, 0.05) is 0 Å². The van der Waals surface area contributed by atoms with Gasteiger partial charge in [-0.15, -0.1) is 0 Å². The molecule has 2 aliphatic rings. The Morgan fingerprint density at radius 1 is 1.40 bits per heavy atom. The van der Waals surface area contributed by atoms with Crippen LogP contribution in [0.5, 0.6) is 0 Å². The van der Waals surface area contributed by atoms with E-state index in [0.29, 0.717) is 0 Å². The van der Waals surface area contributed by atoms with Crippen molar-refractivity contribution in [2.75, 3.05) is 0 Å². The molecular weight excluding hydrogens is 184 g/mol. The minimum atomic E-state index is -0.412. The fourth-order valence-electron chi connectivity index (χ4n) is 3.20. The molecular formula is C14H24O. The summed E-state index contributed by atoms with van der Waals surface area (Å²) in [5, 5.41) is 10.7. The SMILES string of the molecule is CCC1CCC(O)(C2=CCCCCC2)C1. The Bertz CT molecular complexity index is 244. The van der Waals surface area contributed by atoms with E-state index >= 15 is 0 Å². The third kappa shape index (κ3) is 2.44. The summed E-state index contributed by atoms with van der Waals surface area (Å²) in [6.45, 7) is 2.25. The fraction of sp³-hybridized carbons (Fsp3) is 0.857. The number of hydrogen-bond donors (Lipinski definition) is 1. The third-order valence-corrected chi connectivity index (χ3v) is 4.31. The molecule has 0 amide bonds. The number of rotatable bonds is 2. The van der Waals surface area contributed by atoms with Crippen molar-refractivity contribution < 1.29 is 5.11 Å². The van der Waals surface area contributed by atoms with Gasteiger partial charge in [-0.3, -0.25) is 0 Å². The zero-order chi connectivity index (χ0) is 10.7. The van der Waals surface area contributed by atoms with Crippen LogP contribution in [-0.4, -0.2) is 10.7 Å². The molecule has 2 unspecified atom stereocenters. The first-order valence-corrected chi connectivity index (χ1v) is 6.66. The lowest BCUT2D eigenvalue weighted by molar-refractivity contribution is 0.0774. The van der Waals surface area contributed by atoms with Crippen molar-refractivity contribution in [3.05, 3.63) is 11.6 Å². The van der Waals surface area contributed by atoms with Gasteiger partial charge in [0.1, 0.15) is 0 Å². The van der Waals surface area contributed by atoms with Gasteiger partial charge >= 0.3 is 0 Å². The van der Waals surface area contributed by atoms with Crippen LogP contribution in [0.15, 0.2) is 11.6 Å². The summed E-state index contributed by atoms with van der Waals surface area (Å²) in [6.07, 6.45) is 13.1. The smallest absolute Gasteiger partial charge is 0.0859 e. The van der Waals surface area contributed by atoms with Crippen LogP contribution in [-0.2, 0) is 0 Å². The summed E-state index contributed by atoms with van der Waals surface area (Å²) in [5.74, 6) is 0.763. The number of aliphatic hydroxyl groups is 1. The average Bonchev–Trinajstić information content (AvgIpc) is 2.49. The van der Waals surface area contributed by atoms with Crippen LogP contribution < -0.4 is 0 Å². The first-order valence-electron chi connectivity index (χ1n) is 6.66. The molecule has 1 heteroatoms. The molecule has 1 saturated carbocycles. The highest BCUT2D eigenvalue weighted by Crippen LogP contribution is 2.43. The van der Waals surface area contributed by atoms with E-state index in [1.807, 2.05) is 0 Å². The normalized spacial score (nSPS) is 37.5. The Balaban J connectivity index is 2.05. The van der Waals surface area contributed by atoms with Crippen molar-refractivity contribution >= 4 is 0 Å². The molecule has 0 aromatic heterocycles. The fourth-order valence-corrected chi connectivity index (χ4v) is 3.20. The van der Waals surface area contributed by atoms with Crippen molar-refractivity contribution in [3.63, 3.8) is 0 Å². The molecule has 0 aromatic rings. The molecule has 0 saturated heterocycles. The molecule has 2 rings (SSSR count). The van der Waals surface area contributed by atoms with Crippen LogP contribution in [0.25, 0.3) is 0 Å². The number of allylic oxidation sites excluding steroid dienone is 1. The van der Waals surface area contributed by atoms with Crippen LogP contribution >= 0.6 is 0 Å². The lowest BCUT2D eigenvalue weighted by atomic mass is 9.87. The van der Waals surface area contributed by atoms with Gasteiger partial charge in [-0.05, 0) is 56.4 Å². The predicted molar refractivity (Wildman–Crippen MR) is 63.7 cm³/mol. The number of hydrogen-bond acceptors (Lipinski definition) is 1. The maximum atomic E-state index is 10.7. The van der Waals surface area contributed by atoms with Gasteiger partial charge in [-0.1, -0.05) is 25.8 Å². The molecule has 86 valence electrons. The van der Waals surface area contributed by atoms with E-state index in [9.17, 15) is 5.11 Å². The lowest BCUT2D eigenvalue weighted by Crippen LogP contribution is -2.27. The second-order valence-electron chi connectivity index (χ2n) is 5.38. The predicted octanol–water partition coefficient (Wildman–Crippen LogP) is 3.82. The zero-order valence-corrected chi connectivity index (χ0v) is 9.97. The van der Waals surface area contributed by atoms with Gasteiger partial charge in [0.2, 0.25) is 0 Å². The van der Waals surface area contributed by atoms with Crippen molar-refractivity contribution in [3.8, 4) is 0 Å². The van der Waals surface area contributed by atoms with Crippen molar-refractivity contribution in [1.29, 1.82) is 0 Å². The minimum Gasteiger partial charge on any atom is -0.386 e. The summed E-state index contributed by atoms with van der Waals surface area (Å²) >= 11 is 0. The molecule has 2 atom stereocenters. The first-order chi connectivity index (χ1) is 7.24. The van der Waals surface area contributed by atoms with Gasteiger partial charge in [0.05, 0.1) is 5.60 Å². The largest absolute Gasteiger partial charge is 0.386 e. The van der Waals surface area contributed by atoms with E-state index in [1.165, 1.54) is 44.1 Å². The van der Waals surface area contributed by atoms with Crippen LogP contribution in [0.2, 0.25) is 0 Å². The Labute approximate surface area is 93.6 Å². The standard InChI is InChI=1S/C14H24O/c1-2-12-9-10-14(15,11-12)13-7-5-3-4-6-8-13/h7,12,15H,2-6,8-11H2,1H3. The Morgan fingerprint density at radius 2 is 2.27 bits per heavy atom. The van der Waals surface area contributed by atoms with Crippen molar-refractivity contribution in [2.24, 2.45) is 5.92 Å². The summed E-state index contributed by atoms with van der Waals surface area (Å²) in [6, 6.07) is 0. The molecule has 1 N–H and O–H groups in total. The maximum absolute atomic E-state index is 10.7. The maximum Gasteiger partial charge on any atom is 0.0859 e. The van der Waals surface area contributed by atoms with Crippen LogP contribution in [0, 0.1) is 5.92 Å². The van der Waals surface area contributed by atoms with Crippen molar-refractivity contribution in [1.82, 2.24) is 0 Å². The molecule has 0 radical (unpaired) electrons. The molecule has 1 nitrogen and oxygen atoms in total. The summed E-state index contributed by atoms with van der Waals surface area (Å²) in [5.41, 5.74) is 0.960. The second-order valence-corrected chi connectivity index (χ2v) is 5.38. The average molecular weight is 208 g/mol. The van der Waals surface area contributed by atoms with Crippen LogP contribution in [0.1, 0.15) is 64.7 Å². The summed E-state index contributed by atoms with van der Waals surface area (Å²) in [7, 11) is 0. The van der Waals surface area contributed by atoms with Gasteiger partial charge in [-0.2, -0.15) is 0 Å². The van der Waals surface area contributed by atoms with Crippen LogP contribution in [0.3, 0.4) is 0 Å². The highest BCUT2D eigenvalue weighted by atomic mass is 16.3. The zero-order valence-electron chi connectivity index (χ0n) is 9.97. The minimum absolute atomic E-state index is 0.412. The van der Waals surface area contributed by atoms with E-state index in [-0.39, 0.29) is 0 Å². The molecule has 2 aliphatic carbocycles. The van der Waals surface area contributed by atoms with E-state index in [1.54, 1.807) is 0 Å². The monoisotopic (exact) mass is 208 g/mol. The lowest BCUT2D eigenvalue weighted by Gasteiger charge is -2.26. The van der Waals surface area contributed by atoms with Gasteiger partial charge in [0.15, 0.2) is 0 Å². The Kier molecular flexibility index (Phi) is 3.50. The summed E-state index contributed by atoms with van der Waals surface area (Å²) < 4.78 is 0. The molecule has 0 heterocycles. The van der Waals surface area contributed by atoms with Gasteiger partial charge < -0.3 is 5.11 Å². The first kappa shape index (κ1) is 11.2. The Morgan fingerprint density at radius 3 is 3.00 bits per heavy atom. The second kappa shape index (κ2) is 4.69. The molecule has 15 heavy (non-hydrogen) atoms. The van der Waals surface area contributed by atoms with E-state index in [4.69, 9.17) is 0 Å². The van der Waals surface area contributed by atoms with E-state index < -0.39 is 5.60 Å².